The van der Waals surface area contributed by atoms with E-state index in [0.29, 0.717) is 25.8 Å². The molecule has 25 N–H and O–H groups in total. The summed E-state index contributed by atoms with van der Waals surface area (Å²) in [5.41, 5.74) is 43.9. The van der Waals surface area contributed by atoms with Gasteiger partial charge < -0.3 is 93.1 Å². The molecule has 7 unspecified atom stereocenters. The van der Waals surface area contributed by atoms with E-state index in [1.165, 1.54) is 6.92 Å². The molecule has 0 aliphatic heterocycles. The number of hydrogen-bond donors (Lipinski definition) is 17. The first kappa shape index (κ1) is 56.5. The van der Waals surface area contributed by atoms with Gasteiger partial charge in [-0.05, 0) is 77.7 Å². The number of nitrogens with two attached hydrogens (primary N) is 8. The second kappa shape index (κ2) is 31.3. The van der Waals surface area contributed by atoms with Crippen molar-refractivity contribution in [1.29, 1.82) is 0 Å². The topological polar surface area (TPSA) is 515 Å². The van der Waals surface area contributed by atoms with E-state index in [2.05, 4.69) is 46.9 Å². The van der Waals surface area contributed by atoms with Crippen molar-refractivity contribution in [2.24, 2.45) is 60.8 Å². The summed E-state index contributed by atoms with van der Waals surface area (Å²) in [7, 11) is 0. The van der Waals surface area contributed by atoms with Gasteiger partial charge in [0.1, 0.15) is 36.3 Å². The van der Waals surface area contributed by atoms with Crippen LogP contribution < -0.4 is 77.8 Å². The molecule has 0 saturated heterocycles. The number of nitrogens with one attached hydrogen (secondary N) is 6. The van der Waals surface area contributed by atoms with Gasteiger partial charge in [-0.1, -0.05) is 0 Å². The number of carbonyl (C=O) groups excluding carboxylic acids is 6. The number of carboxylic acids is 2. The van der Waals surface area contributed by atoms with E-state index in [1.54, 1.807) is 0 Å². The molecule has 0 heterocycles. The van der Waals surface area contributed by atoms with E-state index in [9.17, 15) is 48.6 Å². The Kier molecular flexibility index (Phi) is 28.1. The van der Waals surface area contributed by atoms with Crippen molar-refractivity contribution in [2.75, 3.05) is 32.8 Å². The van der Waals surface area contributed by atoms with Crippen LogP contribution in [-0.4, -0.2) is 156 Å². The van der Waals surface area contributed by atoms with Gasteiger partial charge in [-0.15, -0.1) is 0 Å². The molecule has 0 saturated carbocycles. The maximum Gasteiger partial charge on any atom is 0.326 e. The number of aliphatic carboxylic acids is 2. The lowest BCUT2D eigenvalue weighted by molar-refractivity contribution is -0.143. The average molecular weight is 902 g/mol. The van der Waals surface area contributed by atoms with Gasteiger partial charge in [-0.3, -0.25) is 48.5 Å². The van der Waals surface area contributed by atoms with E-state index in [4.69, 9.17) is 51.0 Å². The third-order valence-electron chi connectivity index (χ3n) is 8.87. The van der Waals surface area contributed by atoms with E-state index in [0.717, 1.165) is 0 Å². The fourth-order valence-corrected chi connectivity index (χ4v) is 5.45. The quantitative estimate of drug-likeness (QED) is 0.0165. The molecule has 0 spiro atoms. The van der Waals surface area contributed by atoms with Crippen molar-refractivity contribution in [2.45, 2.75) is 120 Å². The maximum atomic E-state index is 13.7. The van der Waals surface area contributed by atoms with E-state index in [1.807, 2.05) is 0 Å². The van der Waals surface area contributed by atoms with Gasteiger partial charge in [-0.25, -0.2) is 4.79 Å². The van der Waals surface area contributed by atoms with E-state index in [-0.39, 0.29) is 76.0 Å². The first-order valence-electron chi connectivity index (χ1n) is 20.1. The third kappa shape index (κ3) is 25.7. The van der Waals surface area contributed by atoms with Crippen molar-refractivity contribution < 1.29 is 53.7 Å². The van der Waals surface area contributed by atoms with Crippen LogP contribution in [0.3, 0.4) is 0 Å². The molecule has 63 heavy (non-hydrogen) atoms. The molecule has 0 aliphatic rings. The number of rotatable bonds is 33. The second-order valence-electron chi connectivity index (χ2n) is 14.2. The van der Waals surface area contributed by atoms with Crippen molar-refractivity contribution in [1.82, 2.24) is 31.9 Å². The van der Waals surface area contributed by atoms with Crippen LogP contribution in [0.25, 0.3) is 0 Å². The molecular weight excluding hydrogens is 834 g/mol. The summed E-state index contributed by atoms with van der Waals surface area (Å²) < 4.78 is 0. The summed E-state index contributed by atoms with van der Waals surface area (Å²) in [6.07, 6.45) is 0.522. The Hall–Kier alpha value is -6.55. The Morgan fingerprint density at radius 3 is 1.29 bits per heavy atom. The SMILES string of the molecule is CC(NC(=O)C(CCCN=C(N)N)NC(=O)C(CO)NC(=O)C(CCCN=C(N)N)NC(=O)C(CCCCN)NC(=O)C(N)CCCN=C(N)N)C(=O)NC(CCC(=O)O)C(=O)O. The normalized spacial score (nSPS) is 14.0. The molecule has 0 rings (SSSR count). The third-order valence-corrected chi connectivity index (χ3v) is 8.87. The molecule has 6 amide bonds. The predicted molar refractivity (Wildman–Crippen MR) is 229 cm³/mol. The first-order valence-corrected chi connectivity index (χ1v) is 20.1. The highest BCUT2D eigenvalue weighted by Gasteiger charge is 2.33. The van der Waals surface area contributed by atoms with Gasteiger partial charge >= 0.3 is 11.9 Å². The summed E-state index contributed by atoms with van der Waals surface area (Å²) in [5, 5.41) is 42.9. The highest BCUT2D eigenvalue weighted by molar-refractivity contribution is 5.97. The summed E-state index contributed by atoms with van der Waals surface area (Å²) in [6.45, 7) is 0.752. The van der Waals surface area contributed by atoms with Gasteiger partial charge in [0, 0.05) is 26.1 Å². The van der Waals surface area contributed by atoms with Crippen molar-refractivity contribution >= 4 is 65.3 Å². The van der Waals surface area contributed by atoms with Crippen molar-refractivity contribution in [3.8, 4) is 0 Å². The van der Waals surface area contributed by atoms with Crippen LogP contribution in [0.2, 0.25) is 0 Å². The lowest BCUT2D eigenvalue weighted by Crippen LogP contribution is -2.60. The lowest BCUT2D eigenvalue weighted by Gasteiger charge is -2.26. The molecule has 0 bridgehead atoms. The molecule has 0 fully saturated rings. The standard InChI is InChI=1S/C35H67N17O11/c1-18(26(56)51-23(32(62)63)11-12-25(54)55)47-28(58)21(9-5-15-45-34(40)41)50-31(61)24(17-53)52-30(60)22(10-6-16-46-35(42)43)49-29(59)20(8-2-3-13-36)48-27(57)19(37)7-4-14-44-33(38)39/h18-24,53H,2-17,36-37H2,1H3,(H,47,58)(H,48,57)(H,49,59)(H,50,61)(H,51,56)(H,52,60)(H,54,55)(H,62,63)(H4,38,39,44)(H4,40,41,45)(H4,42,43,46). The largest absolute Gasteiger partial charge is 0.481 e. The van der Waals surface area contributed by atoms with Gasteiger partial charge in [-0.2, -0.15) is 0 Å². The molecule has 358 valence electrons. The van der Waals surface area contributed by atoms with Crippen LogP contribution in [0, 0.1) is 0 Å². The number of guanidine groups is 3. The minimum atomic E-state index is -1.72. The van der Waals surface area contributed by atoms with Crippen LogP contribution in [0.4, 0.5) is 0 Å². The molecular formula is C35H67N17O11. The zero-order valence-corrected chi connectivity index (χ0v) is 35.4. The molecule has 7 atom stereocenters. The fraction of sp³-hybridized carbons (Fsp3) is 0.686. The summed E-state index contributed by atoms with van der Waals surface area (Å²) in [4.78, 5) is 114. The van der Waals surface area contributed by atoms with Crippen LogP contribution in [-0.2, 0) is 38.4 Å². The van der Waals surface area contributed by atoms with Gasteiger partial charge in [0.25, 0.3) is 0 Å². The van der Waals surface area contributed by atoms with Crippen LogP contribution in [0.5, 0.6) is 0 Å². The average Bonchev–Trinajstić information content (AvgIpc) is 3.20. The number of nitrogens with zero attached hydrogens (tertiary/aromatic N) is 3. The molecule has 0 radical (unpaired) electrons. The summed E-state index contributed by atoms with van der Waals surface area (Å²) in [6, 6.07) is -9.75. The summed E-state index contributed by atoms with van der Waals surface area (Å²) >= 11 is 0. The minimum absolute atomic E-state index is 0.00230. The van der Waals surface area contributed by atoms with E-state index < -0.39 is 109 Å². The molecule has 0 aromatic carbocycles. The van der Waals surface area contributed by atoms with Gasteiger partial charge in [0.2, 0.25) is 35.4 Å². The zero-order valence-electron chi connectivity index (χ0n) is 35.4. The molecule has 0 aliphatic carbocycles. The molecule has 28 nitrogen and oxygen atoms in total. The van der Waals surface area contributed by atoms with E-state index >= 15 is 0 Å². The number of aliphatic imine (C=N–C) groups is 3. The second-order valence-corrected chi connectivity index (χ2v) is 14.2. The smallest absolute Gasteiger partial charge is 0.326 e. The van der Waals surface area contributed by atoms with Gasteiger partial charge in [0.15, 0.2) is 17.9 Å². The highest BCUT2D eigenvalue weighted by Crippen LogP contribution is 2.08. The molecule has 28 heteroatoms. The number of carboxylic acid groups (broad SMARTS) is 2. The van der Waals surface area contributed by atoms with Crippen molar-refractivity contribution in [3.05, 3.63) is 0 Å². The Bertz CT molecular complexity index is 1600. The van der Waals surface area contributed by atoms with Crippen LogP contribution >= 0.6 is 0 Å². The lowest BCUT2D eigenvalue weighted by atomic mass is 10.0. The van der Waals surface area contributed by atoms with Crippen molar-refractivity contribution in [3.63, 3.8) is 0 Å². The first-order chi connectivity index (χ1) is 29.6. The fourth-order valence-electron chi connectivity index (χ4n) is 5.45. The zero-order chi connectivity index (χ0) is 48.1. The van der Waals surface area contributed by atoms with Crippen LogP contribution in [0.15, 0.2) is 15.0 Å². The number of unbranched alkanes of at least 4 members (excludes halogenated alkanes) is 1. The molecule has 0 aromatic rings. The minimum Gasteiger partial charge on any atom is -0.481 e. The monoisotopic (exact) mass is 902 g/mol. The number of aliphatic hydroxyl groups excluding tert-OH is 1. The molecule has 0 aromatic heterocycles. The highest BCUT2D eigenvalue weighted by atomic mass is 16.4. The number of carbonyl (C=O) groups is 8. The van der Waals surface area contributed by atoms with Crippen LogP contribution in [0.1, 0.15) is 77.6 Å². The Morgan fingerprint density at radius 1 is 0.492 bits per heavy atom. The predicted octanol–water partition coefficient (Wildman–Crippen LogP) is -7.53. The number of aliphatic hydroxyl groups is 1. The number of hydrogen-bond acceptors (Lipinski definition) is 14. The van der Waals surface area contributed by atoms with Gasteiger partial charge in [0.05, 0.1) is 12.6 Å². The summed E-state index contributed by atoms with van der Waals surface area (Å²) in [5.74, 6) is -8.83. The Morgan fingerprint density at radius 2 is 0.873 bits per heavy atom. The maximum absolute atomic E-state index is 13.7. The Labute approximate surface area is 364 Å². The number of amides is 6. The Balaban J connectivity index is 6.26.